The number of rotatable bonds is 23. The van der Waals surface area contributed by atoms with Gasteiger partial charge in [0.1, 0.15) is 62.0 Å². The highest BCUT2D eigenvalue weighted by Crippen LogP contribution is 2.30. The third-order valence-corrected chi connectivity index (χ3v) is 8.17. The maximum absolute atomic E-state index is 11.3. The predicted octanol–water partition coefficient (Wildman–Crippen LogP) is 1.65. The van der Waals surface area contributed by atoms with E-state index in [1.807, 2.05) is 0 Å². The standard InChI is InChI=1S/C34H56O15/c1-22(35)45-20-24-27(39)29(41)31(43)33(47-24)49-32-30(42)28(40)25(21-46-23(2)36)48-34(32)44-19-17-15-13-11-9-7-5-3-4-6-8-10-12-14-16-18-26(37)38/h3-4,7,9,24-25,27-34,39-43H,5-6,8,10-21H2,1-2H3,(H,37,38)/b4-3-,9-7-/t24-,25-,27-,28-,29+,30+,31-,32-,33+,34-/m1/s1. The molecule has 2 aliphatic rings. The Labute approximate surface area is 287 Å². The normalized spacial score (nSPS) is 30.5. The fraction of sp³-hybridized carbons (Fsp3) is 0.794. The van der Waals surface area contributed by atoms with Crippen molar-refractivity contribution in [3.05, 3.63) is 24.3 Å². The molecule has 0 aromatic rings. The van der Waals surface area contributed by atoms with Crippen LogP contribution in [0.2, 0.25) is 0 Å². The van der Waals surface area contributed by atoms with Crippen LogP contribution < -0.4 is 0 Å². The van der Waals surface area contributed by atoms with E-state index in [4.69, 9.17) is 33.5 Å². The largest absolute Gasteiger partial charge is 0.481 e. The molecule has 0 aliphatic carbocycles. The number of carboxylic acids is 1. The topological polar surface area (TPSA) is 228 Å². The molecule has 2 heterocycles. The van der Waals surface area contributed by atoms with Gasteiger partial charge in [0.25, 0.3) is 0 Å². The number of esters is 2. The molecule has 0 spiro atoms. The fourth-order valence-corrected chi connectivity index (χ4v) is 5.36. The van der Waals surface area contributed by atoms with Crippen LogP contribution in [0.4, 0.5) is 0 Å². The van der Waals surface area contributed by atoms with Gasteiger partial charge in [-0.05, 0) is 44.9 Å². The lowest BCUT2D eigenvalue weighted by Crippen LogP contribution is -2.64. The van der Waals surface area contributed by atoms with Gasteiger partial charge < -0.3 is 59.1 Å². The van der Waals surface area contributed by atoms with Crippen LogP contribution in [0.3, 0.4) is 0 Å². The van der Waals surface area contributed by atoms with Crippen molar-refractivity contribution in [2.24, 2.45) is 0 Å². The molecule has 0 aromatic heterocycles. The Morgan fingerprint density at radius 3 is 1.69 bits per heavy atom. The van der Waals surface area contributed by atoms with Crippen LogP contribution >= 0.6 is 0 Å². The Kier molecular flexibility index (Phi) is 20.8. The summed E-state index contributed by atoms with van der Waals surface area (Å²) in [5.41, 5.74) is 0. The van der Waals surface area contributed by atoms with Gasteiger partial charge in [-0.2, -0.15) is 0 Å². The van der Waals surface area contributed by atoms with Crippen molar-refractivity contribution in [3.63, 3.8) is 0 Å². The molecule has 2 aliphatic heterocycles. The minimum Gasteiger partial charge on any atom is -0.481 e. The number of carbonyl (C=O) groups is 3. The predicted molar refractivity (Wildman–Crippen MR) is 173 cm³/mol. The fourth-order valence-electron chi connectivity index (χ4n) is 5.36. The second-order valence-corrected chi connectivity index (χ2v) is 12.3. The molecular weight excluding hydrogens is 648 g/mol. The number of ether oxygens (including phenoxy) is 6. The van der Waals surface area contributed by atoms with Gasteiger partial charge >= 0.3 is 17.9 Å². The number of allylic oxidation sites excluding steroid dienone is 4. The first-order valence-corrected chi connectivity index (χ1v) is 17.2. The summed E-state index contributed by atoms with van der Waals surface area (Å²) in [5, 5.41) is 61.5. The third kappa shape index (κ3) is 16.4. The van der Waals surface area contributed by atoms with Crippen molar-refractivity contribution in [2.45, 2.75) is 152 Å². The van der Waals surface area contributed by atoms with Crippen LogP contribution in [0.1, 0.15) is 90.9 Å². The van der Waals surface area contributed by atoms with Crippen molar-refractivity contribution in [1.82, 2.24) is 0 Å². The van der Waals surface area contributed by atoms with E-state index >= 15 is 0 Å². The smallest absolute Gasteiger partial charge is 0.303 e. The molecule has 2 fully saturated rings. The summed E-state index contributed by atoms with van der Waals surface area (Å²) in [7, 11) is 0. The van der Waals surface area contributed by atoms with Gasteiger partial charge in [-0.3, -0.25) is 14.4 Å². The molecule has 0 unspecified atom stereocenters. The first-order chi connectivity index (χ1) is 23.4. The molecule has 0 bridgehead atoms. The molecule has 0 saturated carbocycles. The Morgan fingerprint density at radius 1 is 0.612 bits per heavy atom. The molecule has 2 saturated heterocycles. The lowest BCUT2D eigenvalue weighted by atomic mass is 9.97. The second kappa shape index (κ2) is 23.8. The SMILES string of the molecule is CC(=O)OC[C@H]1O[C@@H](O[C@H]2[C@H](OCCCCC/C=C\C/C=C\CCCCCCCC(=O)O)O[C@H](COC(C)=O)[C@@H](O)[C@@H]2O)[C@H](O)[C@@H](O)[C@@H]1O. The maximum Gasteiger partial charge on any atom is 0.303 e. The zero-order valence-electron chi connectivity index (χ0n) is 28.5. The van der Waals surface area contributed by atoms with Gasteiger partial charge in [-0.1, -0.05) is 50.0 Å². The second-order valence-electron chi connectivity index (χ2n) is 12.3. The number of aliphatic carboxylic acids is 1. The van der Waals surface area contributed by atoms with Crippen LogP contribution in [0.5, 0.6) is 0 Å². The number of carbonyl (C=O) groups excluding carboxylic acids is 2. The van der Waals surface area contributed by atoms with Gasteiger partial charge in [0.15, 0.2) is 12.6 Å². The zero-order valence-corrected chi connectivity index (χ0v) is 28.5. The van der Waals surface area contributed by atoms with Crippen molar-refractivity contribution in [1.29, 1.82) is 0 Å². The zero-order chi connectivity index (χ0) is 36.2. The maximum atomic E-state index is 11.3. The molecular formula is C34H56O15. The van der Waals surface area contributed by atoms with Gasteiger partial charge in [-0.25, -0.2) is 0 Å². The van der Waals surface area contributed by atoms with Gasteiger partial charge in [0.05, 0.1) is 0 Å². The van der Waals surface area contributed by atoms with E-state index in [-0.39, 0.29) is 19.6 Å². The monoisotopic (exact) mass is 704 g/mol. The summed E-state index contributed by atoms with van der Waals surface area (Å²) in [5.74, 6) is -2.01. The van der Waals surface area contributed by atoms with E-state index in [2.05, 4.69) is 24.3 Å². The van der Waals surface area contributed by atoms with E-state index in [0.29, 0.717) is 6.42 Å². The number of aliphatic hydroxyl groups excluding tert-OH is 5. The highest BCUT2D eigenvalue weighted by atomic mass is 16.8. The van der Waals surface area contributed by atoms with Crippen LogP contribution in [0, 0.1) is 0 Å². The van der Waals surface area contributed by atoms with Crippen LogP contribution in [0.25, 0.3) is 0 Å². The van der Waals surface area contributed by atoms with Crippen molar-refractivity contribution in [2.75, 3.05) is 19.8 Å². The molecule has 0 amide bonds. The Morgan fingerprint density at radius 2 is 1.12 bits per heavy atom. The van der Waals surface area contributed by atoms with Crippen molar-refractivity contribution in [3.8, 4) is 0 Å². The van der Waals surface area contributed by atoms with Crippen molar-refractivity contribution >= 4 is 17.9 Å². The lowest BCUT2D eigenvalue weighted by molar-refractivity contribution is -0.367. The molecule has 2 rings (SSSR count). The minimum absolute atomic E-state index is 0.185. The summed E-state index contributed by atoms with van der Waals surface area (Å²) < 4.78 is 32.9. The van der Waals surface area contributed by atoms with E-state index in [1.165, 1.54) is 6.92 Å². The molecule has 10 atom stereocenters. The molecule has 6 N–H and O–H groups in total. The van der Waals surface area contributed by atoms with Crippen molar-refractivity contribution < 1.29 is 73.4 Å². The Balaban J connectivity index is 1.80. The average molecular weight is 705 g/mol. The number of unbranched alkanes of at least 4 members (excludes halogenated alkanes) is 8. The van der Waals surface area contributed by atoms with Gasteiger partial charge in [-0.15, -0.1) is 0 Å². The molecule has 15 heteroatoms. The Bertz CT molecular complexity index is 1020. The van der Waals surface area contributed by atoms with E-state index in [9.17, 15) is 39.9 Å². The summed E-state index contributed by atoms with van der Waals surface area (Å²) in [6.45, 7) is 1.71. The van der Waals surface area contributed by atoms with E-state index in [0.717, 1.165) is 71.1 Å². The van der Waals surface area contributed by atoms with Gasteiger partial charge in [0.2, 0.25) is 0 Å². The number of hydrogen-bond acceptors (Lipinski definition) is 14. The first-order valence-electron chi connectivity index (χ1n) is 17.2. The first kappa shape index (κ1) is 42.7. The average Bonchev–Trinajstić information content (AvgIpc) is 3.05. The summed E-state index contributed by atoms with van der Waals surface area (Å²) >= 11 is 0. The minimum atomic E-state index is -1.77. The lowest BCUT2D eigenvalue weighted by Gasteiger charge is -2.46. The molecule has 0 aromatic carbocycles. The van der Waals surface area contributed by atoms with E-state index in [1.54, 1.807) is 0 Å². The van der Waals surface area contributed by atoms with Crippen LogP contribution in [-0.2, 0) is 42.8 Å². The molecule has 282 valence electrons. The number of hydrogen-bond donors (Lipinski definition) is 6. The molecule has 15 nitrogen and oxygen atoms in total. The van der Waals surface area contributed by atoms with Crippen LogP contribution in [0.15, 0.2) is 24.3 Å². The number of aliphatic hydroxyl groups is 5. The van der Waals surface area contributed by atoms with E-state index < -0.39 is 85.9 Å². The summed E-state index contributed by atoms with van der Waals surface area (Å²) in [4.78, 5) is 33.1. The quantitative estimate of drug-likeness (QED) is 0.0505. The summed E-state index contributed by atoms with van der Waals surface area (Å²) in [6, 6.07) is 0. The third-order valence-electron chi connectivity index (χ3n) is 8.17. The molecule has 0 radical (unpaired) electrons. The van der Waals surface area contributed by atoms with Crippen LogP contribution in [-0.4, -0.2) is 130 Å². The number of carboxylic acid groups (broad SMARTS) is 1. The highest BCUT2D eigenvalue weighted by Gasteiger charge is 2.51. The van der Waals surface area contributed by atoms with Gasteiger partial charge in [0, 0.05) is 26.9 Å². The molecule has 49 heavy (non-hydrogen) atoms. The summed E-state index contributed by atoms with van der Waals surface area (Å²) in [6.07, 6.45) is 3.71. The highest BCUT2D eigenvalue weighted by molar-refractivity contribution is 5.66. The Hall–Kier alpha value is -2.47.